The Labute approximate surface area is 102 Å². The summed E-state index contributed by atoms with van der Waals surface area (Å²) in [4.78, 5) is 17.9. The molecular weight excluding hydrogens is 216 g/mol. The van der Waals surface area contributed by atoms with Gasteiger partial charge in [-0.05, 0) is 12.8 Å². The molecule has 0 N–H and O–H groups in total. The smallest absolute Gasteiger partial charge is 0.224 e. The van der Waals surface area contributed by atoms with E-state index in [0.29, 0.717) is 13.0 Å². The van der Waals surface area contributed by atoms with E-state index in [4.69, 9.17) is 0 Å². The average molecular weight is 236 g/mol. The van der Waals surface area contributed by atoms with Crippen LogP contribution in [0.1, 0.15) is 38.5 Å². The van der Waals surface area contributed by atoms with Crippen LogP contribution in [-0.4, -0.2) is 38.7 Å². The van der Waals surface area contributed by atoms with Gasteiger partial charge in [-0.2, -0.15) is 5.10 Å². The molecule has 2 rings (SSSR count). The fourth-order valence-corrected chi connectivity index (χ4v) is 2.21. The zero-order valence-electron chi connectivity index (χ0n) is 10.2. The molecule has 5 nitrogen and oxygen atoms in total. The molecule has 1 aromatic heterocycles. The summed E-state index contributed by atoms with van der Waals surface area (Å²) >= 11 is 0. The Morgan fingerprint density at radius 1 is 1.12 bits per heavy atom. The number of hydrogen-bond donors (Lipinski definition) is 0. The summed E-state index contributed by atoms with van der Waals surface area (Å²) in [5.74, 6) is 0.252. The van der Waals surface area contributed by atoms with E-state index >= 15 is 0 Å². The molecule has 1 saturated heterocycles. The van der Waals surface area contributed by atoms with Crippen LogP contribution in [0.15, 0.2) is 12.7 Å². The Bertz CT molecular complexity index is 328. The fraction of sp³-hybridized carbons (Fsp3) is 0.750. The lowest BCUT2D eigenvalue weighted by molar-refractivity contribution is -0.131. The lowest BCUT2D eigenvalue weighted by Gasteiger charge is -2.24. The van der Waals surface area contributed by atoms with Gasteiger partial charge in [-0.1, -0.05) is 19.3 Å². The molecule has 1 aliphatic heterocycles. The first-order valence-corrected chi connectivity index (χ1v) is 6.46. The summed E-state index contributed by atoms with van der Waals surface area (Å²) in [6, 6.07) is 0. The first-order valence-electron chi connectivity index (χ1n) is 6.46. The minimum Gasteiger partial charge on any atom is -0.343 e. The van der Waals surface area contributed by atoms with Gasteiger partial charge in [0.2, 0.25) is 5.91 Å². The predicted octanol–water partition coefficient (Wildman–Crippen LogP) is 1.46. The third-order valence-electron chi connectivity index (χ3n) is 3.23. The van der Waals surface area contributed by atoms with Gasteiger partial charge in [-0.3, -0.25) is 9.48 Å². The highest BCUT2D eigenvalue weighted by Gasteiger charge is 2.14. The quantitative estimate of drug-likeness (QED) is 0.798. The van der Waals surface area contributed by atoms with Crippen molar-refractivity contribution in [2.45, 2.75) is 45.1 Å². The molecule has 0 radical (unpaired) electrons. The van der Waals surface area contributed by atoms with Crippen molar-refractivity contribution in [2.75, 3.05) is 13.1 Å². The number of aromatic nitrogens is 3. The molecule has 2 heterocycles. The van der Waals surface area contributed by atoms with E-state index in [1.807, 2.05) is 4.90 Å². The molecule has 5 heteroatoms. The van der Waals surface area contributed by atoms with Gasteiger partial charge in [0.15, 0.2) is 0 Å². The highest BCUT2D eigenvalue weighted by Crippen LogP contribution is 2.11. The minimum absolute atomic E-state index is 0.252. The number of carbonyl (C=O) groups excluding carboxylic acids is 1. The van der Waals surface area contributed by atoms with Crippen molar-refractivity contribution in [1.82, 2.24) is 19.7 Å². The molecule has 1 amide bonds. The number of amides is 1. The maximum Gasteiger partial charge on any atom is 0.224 e. The Balaban J connectivity index is 1.77. The lowest BCUT2D eigenvalue weighted by Crippen LogP contribution is -2.34. The SMILES string of the molecule is O=C(CCn1cncn1)N1CCCCCCC1. The van der Waals surface area contributed by atoms with E-state index in [-0.39, 0.29) is 5.91 Å². The summed E-state index contributed by atoms with van der Waals surface area (Å²) in [5.41, 5.74) is 0. The molecule has 0 atom stereocenters. The summed E-state index contributed by atoms with van der Waals surface area (Å²) in [5, 5.41) is 4.00. The number of nitrogens with zero attached hydrogens (tertiary/aromatic N) is 4. The van der Waals surface area contributed by atoms with E-state index in [9.17, 15) is 4.79 Å². The highest BCUT2D eigenvalue weighted by molar-refractivity contribution is 5.76. The molecule has 17 heavy (non-hydrogen) atoms. The van der Waals surface area contributed by atoms with Crippen molar-refractivity contribution in [1.29, 1.82) is 0 Å². The molecular formula is C12H20N4O. The molecule has 0 bridgehead atoms. The van der Waals surface area contributed by atoms with Crippen molar-refractivity contribution < 1.29 is 4.79 Å². The Morgan fingerprint density at radius 2 is 1.82 bits per heavy atom. The van der Waals surface area contributed by atoms with E-state index in [0.717, 1.165) is 25.9 Å². The molecule has 1 aliphatic rings. The van der Waals surface area contributed by atoms with Crippen molar-refractivity contribution in [3.05, 3.63) is 12.7 Å². The van der Waals surface area contributed by atoms with Crippen LogP contribution in [0.25, 0.3) is 0 Å². The van der Waals surface area contributed by atoms with Gasteiger partial charge >= 0.3 is 0 Å². The van der Waals surface area contributed by atoms with Crippen molar-refractivity contribution in [2.24, 2.45) is 0 Å². The van der Waals surface area contributed by atoms with E-state index in [1.54, 1.807) is 11.0 Å². The Kier molecular flexibility index (Phi) is 4.53. The van der Waals surface area contributed by atoms with Crippen LogP contribution >= 0.6 is 0 Å². The van der Waals surface area contributed by atoms with Gasteiger partial charge in [0, 0.05) is 19.5 Å². The average Bonchev–Trinajstić information content (AvgIpc) is 2.78. The molecule has 1 aromatic rings. The van der Waals surface area contributed by atoms with Gasteiger partial charge in [-0.25, -0.2) is 4.98 Å². The van der Waals surface area contributed by atoms with E-state index in [1.165, 1.54) is 25.6 Å². The van der Waals surface area contributed by atoms with Crippen LogP contribution in [0.2, 0.25) is 0 Å². The summed E-state index contributed by atoms with van der Waals surface area (Å²) in [7, 11) is 0. The molecule has 1 fully saturated rings. The number of hydrogen-bond acceptors (Lipinski definition) is 3. The largest absolute Gasteiger partial charge is 0.343 e. The van der Waals surface area contributed by atoms with Gasteiger partial charge in [0.05, 0.1) is 6.54 Å². The van der Waals surface area contributed by atoms with Crippen LogP contribution in [0.5, 0.6) is 0 Å². The molecule has 94 valence electrons. The standard InChI is InChI=1S/C12H20N4O/c17-12(6-9-16-11-13-10-14-16)15-7-4-2-1-3-5-8-15/h10-11H,1-9H2. The minimum atomic E-state index is 0.252. The van der Waals surface area contributed by atoms with Crippen molar-refractivity contribution >= 4 is 5.91 Å². The fourth-order valence-electron chi connectivity index (χ4n) is 2.21. The highest BCUT2D eigenvalue weighted by atomic mass is 16.2. The summed E-state index contributed by atoms with van der Waals surface area (Å²) in [6.45, 7) is 2.49. The third-order valence-corrected chi connectivity index (χ3v) is 3.23. The first-order chi connectivity index (χ1) is 8.36. The molecule has 0 aromatic carbocycles. The maximum absolute atomic E-state index is 12.0. The molecule has 0 aliphatic carbocycles. The topological polar surface area (TPSA) is 51.0 Å². The predicted molar refractivity (Wildman–Crippen MR) is 64.3 cm³/mol. The van der Waals surface area contributed by atoms with E-state index in [2.05, 4.69) is 10.1 Å². The summed E-state index contributed by atoms with van der Waals surface area (Å²) < 4.78 is 1.71. The monoisotopic (exact) mass is 236 g/mol. The first kappa shape index (κ1) is 12.1. The van der Waals surface area contributed by atoms with Gasteiger partial charge < -0.3 is 4.90 Å². The second-order valence-corrected chi connectivity index (χ2v) is 4.56. The number of aryl methyl sites for hydroxylation is 1. The number of likely N-dealkylation sites (tertiary alicyclic amines) is 1. The number of carbonyl (C=O) groups is 1. The van der Waals surface area contributed by atoms with Crippen LogP contribution in [0.4, 0.5) is 0 Å². The third kappa shape index (κ3) is 3.84. The van der Waals surface area contributed by atoms with Gasteiger partial charge in [0.25, 0.3) is 0 Å². The zero-order valence-corrected chi connectivity index (χ0v) is 10.2. The lowest BCUT2D eigenvalue weighted by atomic mass is 10.1. The van der Waals surface area contributed by atoms with Crippen LogP contribution in [0, 0.1) is 0 Å². The number of rotatable bonds is 3. The Hall–Kier alpha value is -1.39. The van der Waals surface area contributed by atoms with Crippen molar-refractivity contribution in [3.63, 3.8) is 0 Å². The van der Waals surface area contributed by atoms with Crippen LogP contribution in [0.3, 0.4) is 0 Å². The maximum atomic E-state index is 12.0. The summed E-state index contributed by atoms with van der Waals surface area (Å²) in [6.07, 6.45) is 9.81. The van der Waals surface area contributed by atoms with Crippen LogP contribution in [-0.2, 0) is 11.3 Å². The van der Waals surface area contributed by atoms with Crippen LogP contribution < -0.4 is 0 Å². The van der Waals surface area contributed by atoms with Crippen molar-refractivity contribution in [3.8, 4) is 0 Å². The molecule has 0 saturated carbocycles. The normalized spacial score (nSPS) is 17.5. The zero-order chi connectivity index (χ0) is 11.9. The van der Waals surface area contributed by atoms with Gasteiger partial charge in [-0.15, -0.1) is 0 Å². The Morgan fingerprint density at radius 3 is 2.47 bits per heavy atom. The second-order valence-electron chi connectivity index (χ2n) is 4.56. The molecule has 0 spiro atoms. The van der Waals surface area contributed by atoms with E-state index < -0.39 is 0 Å². The second kappa shape index (κ2) is 6.37. The molecule has 0 unspecified atom stereocenters. The van der Waals surface area contributed by atoms with Gasteiger partial charge in [0.1, 0.15) is 12.7 Å².